The Morgan fingerprint density at radius 3 is 2.16 bits per heavy atom. The molecule has 0 atom stereocenters. The van der Waals surface area contributed by atoms with Crippen molar-refractivity contribution in [3.8, 4) is 11.1 Å². The zero-order valence-electron chi connectivity index (χ0n) is 21.4. The molecule has 4 nitrogen and oxygen atoms in total. The number of nitrogens with two attached hydrogens (primary N) is 2. The summed E-state index contributed by atoms with van der Waals surface area (Å²) in [5.41, 5.74) is 22.3. The average Bonchev–Trinajstić information content (AvgIpc) is 2.92. The number of aryl methyl sites for hydroxylation is 1. The van der Waals surface area contributed by atoms with E-state index in [0.717, 1.165) is 48.5 Å². The van der Waals surface area contributed by atoms with Crippen LogP contribution in [0.4, 0.5) is 22.7 Å². The normalized spacial score (nSPS) is 12.6. The van der Waals surface area contributed by atoms with E-state index in [1.165, 1.54) is 54.6 Å². The maximum Gasteiger partial charge on any atom is 0.239 e. The fourth-order valence-corrected chi connectivity index (χ4v) is 6.55. The molecule has 6 aromatic rings. The van der Waals surface area contributed by atoms with Gasteiger partial charge in [-0.1, -0.05) is 68.4 Å². The van der Waals surface area contributed by atoms with Gasteiger partial charge < -0.3 is 16.4 Å². The van der Waals surface area contributed by atoms with Crippen molar-refractivity contribution in [3.63, 3.8) is 0 Å². The molecular weight excluding hydrogens is 452 g/mol. The Morgan fingerprint density at radius 2 is 1.41 bits per heavy atom. The summed E-state index contributed by atoms with van der Waals surface area (Å²) in [6, 6.07) is 28.5. The lowest BCUT2D eigenvalue weighted by Gasteiger charge is -2.35. The zero-order valence-corrected chi connectivity index (χ0v) is 21.4. The number of fused-ring (bicyclic) bond motifs is 8. The van der Waals surface area contributed by atoms with Gasteiger partial charge in [-0.15, -0.1) is 0 Å². The predicted octanol–water partition coefficient (Wildman–Crippen LogP) is 7.69. The van der Waals surface area contributed by atoms with Crippen molar-refractivity contribution in [1.82, 2.24) is 0 Å². The van der Waals surface area contributed by atoms with Crippen molar-refractivity contribution in [1.29, 1.82) is 0 Å². The fourth-order valence-electron chi connectivity index (χ4n) is 6.55. The summed E-state index contributed by atoms with van der Waals surface area (Å²) in [4.78, 5) is 2.43. The summed E-state index contributed by atoms with van der Waals surface area (Å²) in [5, 5.41) is 7.45. The molecular formula is C33H31N4+. The van der Waals surface area contributed by atoms with Gasteiger partial charge in [0.2, 0.25) is 11.0 Å². The molecule has 37 heavy (non-hydrogen) atoms. The minimum absolute atomic E-state index is 0.737. The van der Waals surface area contributed by atoms with Crippen LogP contribution in [0.5, 0.6) is 0 Å². The zero-order chi connectivity index (χ0) is 25.3. The van der Waals surface area contributed by atoms with E-state index in [1.54, 1.807) is 0 Å². The van der Waals surface area contributed by atoms with Crippen molar-refractivity contribution in [2.45, 2.75) is 33.2 Å². The second-order valence-corrected chi connectivity index (χ2v) is 10.2. The number of rotatable bonds is 4. The van der Waals surface area contributed by atoms with Gasteiger partial charge in [0, 0.05) is 35.8 Å². The van der Waals surface area contributed by atoms with Gasteiger partial charge in [-0.25, -0.2) is 0 Å². The fraction of sp³-hybridized carbons (Fsp3) is 0.182. The Kier molecular flexibility index (Phi) is 4.80. The van der Waals surface area contributed by atoms with Crippen molar-refractivity contribution >= 4 is 66.1 Å². The molecule has 0 unspecified atom stereocenters. The predicted molar refractivity (Wildman–Crippen MR) is 159 cm³/mol. The molecule has 0 fully saturated rings. The molecule has 0 spiro atoms. The van der Waals surface area contributed by atoms with Crippen LogP contribution in [0.3, 0.4) is 0 Å². The van der Waals surface area contributed by atoms with Crippen LogP contribution in [0.2, 0.25) is 0 Å². The first-order chi connectivity index (χ1) is 18.1. The molecule has 4 N–H and O–H groups in total. The van der Waals surface area contributed by atoms with Gasteiger partial charge in [0.05, 0.1) is 22.1 Å². The molecule has 0 saturated heterocycles. The Morgan fingerprint density at radius 1 is 0.703 bits per heavy atom. The van der Waals surface area contributed by atoms with Crippen LogP contribution < -0.4 is 20.9 Å². The van der Waals surface area contributed by atoms with E-state index in [0.29, 0.717) is 0 Å². The summed E-state index contributed by atoms with van der Waals surface area (Å²) < 4.78 is 2.43. The van der Waals surface area contributed by atoms with Crippen molar-refractivity contribution in [3.05, 3.63) is 78.9 Å². The van der Waals surface area contributed by atoms with Crippen LogP contribution in [-0.2, 0) is 6.54 Å². The number of nitrogens with zero attached hydrogens (tertiary/aromatic N) is 2. The topological polar surface area (TPSA) is 59.2 Å². The third kappa shape index (κ3) is 2.93. The molecule has 7 rings (SSSR count). The van der Waals surface area contributed by atoms with Gasteiger partial charge in [0.25, 0.3) is 0 Å². The van der Waals surface area contributed by atoms with E-state index in [4.69, 9.17) is 11.5 Å². The van der Waals surface area contributed by atoms with Crippen LogP contribution in [0, 0.1) is 0 Å². The third-order valence-corrected chi connectivity index (χ3v) is 7.91. The van der Waals surface area contributed by atoms with E-state index in [9.17, 15) is 0 Å². The quantitative estimate of drug-likeness (QED) is 0.117. The minimum atomic E-state index is 0.737. The number of hydrogen-bond acceptors (Lipinski definition) is 3. The molecule has 182 valence electrons. The first-order valence-corrected chi connectivity index (χ1v) is 13.3. The number of hydrogen-bond donors (Lipinski definition) is 2. The summed E-state index contributed by atoms with van der Waals surface area (Å²) in [7, 11) is 0. The monoisotopic (exact) mass is 483 g/mol. The van der Waals surface area contributed by atoms with E-state index in [1.807, 2.05) is 6.07 Å². The molecule has 1 aromatic heterocycles. The van der Waals surface area contributed by atoms with Crippen molar-refractivity contribution in [2.24, 2.45) is 0 Å². The van der Waals surface area contributed by atoms with Gasteiger partial charge >= 0.3 is 0 Å². The summed E-state index contributed by atoms with van der Waals surface area (Å²) >= 11 is 0. The molecule has 4 heteroatoms. The summed E-state index contributed by atoms with van der Waals surface area (Å²) in [6.45, 7) is 6.23. The van der Waals surface area contributed by atoms with Gasteiger partial charge in [0.15, 0.2) is 0 Å². The standard InChI is InChI=1S/C33H31N4/c1-3-17-36-26-15-13-20-9-5-7-11-22(20)28(26)30-29-23-12-8-6-10-21(23)14-16-27(29)37(18-4-2)33-25(35)19-24(34)32(36)31(30)33/h5-16,19H,3-4,17-18,34-35H2,1-2H3/q+1. The first-order valence-electron chi connectivity index (χ1n) is 13.3. The molecule has 0 amide bonds. The Bertz CT molecular complexity index is 1890. The van der Waals surface area contributed by atoms with Crippen molar-refractivity contribution in [2.75, 3.05) is 22.9 Å². The summed E-state index contributed by atoms with van der Waals surface area (Å²) in [6.07, 6.45) is 2.02. The Labute approximate surface area is 216 Å². The maximum atomic E-state index is 6.84. The van der Waals surface area contributed by atoms with Crippen LogP contribution in [0.25, 0.3) is 54.5 Å². The van der Waals surface area contributed by atoms with E-state index in [-0.39, 0.29) is 0 Å². The third-order valence-electron chi connectivity index (χ3n) is 7.91. The highest BCUT2D eigenvalue weighted by molar-refractivity contribution is 6.29. The maximum absolute atomic E-state index is 6.84. The van der Waals surface area contributed by atoms with Crippen LogP contribution in [0.1, 0.15) is 26.7 Å². The lowest BCUT2D eigenvalue weighted by molar-refractivity contribution is -0.644. The van der Waals surface area contributed by atoms with E-state index >= 15 is 0 Å². The molecule has 5 aromatic carbocycles. The Hall–Kier alpha value is -4.31. The second-order valence-electron chi connectivity index (χ2n) is 10.2. The number of pyridine rings is 1. The molecule has 2 heterocycles. The lowest BCUT2D eigenvalue weighted by Crippen LogP contribution is -2.37. The first kappa shape index (κ1) is 21.9. The number of benzene rings is 5. The van der Waals surface area contributed by atoms with Crippen LogP contribution in [-0.4, -0.2) is 6.54 Å². The summed E-state index contributed by atoms with van der Waals surface area (Å²) in [5.74, 6) is 0. The van der Waals surface area contributed by atoms with Gasteiger partial charge in [-0.3, -0.25) is 0 Å². The number of nitrogen functional groups attached to an aromatic ring is 2. The molecule has 0 radical (unpaired) electrons. The SMILES string of the molecule is CCCN1c2ccc3ccccc3c2-c2c3c1c(N)cc(N)c3[n+](CCC)c1ccc3ccccc3c21. The highest BCUT2D eigenvalue weighted by Gasteiger charge is 2.35. The minimum Gasteiger partial charge on any atom is -0.397 e. The molecule has 1 aliphatic heterocycles. The number of aromatic nitrogens is 1. The van der Waals surface area contributed by atoms with Crippen LogP contribution in [0.15, 0.2) is 78.9 Å². The van der Waals surface area contributed by atoms with Crippen molar-refractivity contribution < 1.29 is 4.57 Å². The number of anilines is 4. The largest absolute Gasteiger partial charge is 0.397 e. The Balaban J connectivity index is 1.86. The molecule has 0 saturated carbocycles. The van der Waals surface area contributed by atoms with Gasteiger partial charge in [-0.05, 0) is 46.2 Å². The van der Waals surface area contributed by atoms with Gasteiger partial charge in [0.1, 0.15) is 12.2 Å². The van der Waals surface area contributed by atoms with Crippen LogP contribution >= 0.6 is 0 Å². The molecule has 0 aliphatic carbocycles. The highest BCUT2D eigenvalue weighted by Crippen LogP contribution is 2.55. The van der Waals surface area contributed by atoms with Gasteiger partial charge in [-0.2, -0.15) is 4.57 Å². The average molecular weight is 484 g/mol. The lowest BCUT2D eigenvalue weighted by atomic mass is 9.84. The molecule has 0 bridgehead atoms. The van der Waals surface area contributed by atoms with E-state index in [2.05, 4.69) is 96.1 Å². The highest BCUT2D eigenvalue weighted by atomic mass is 15.2. The molecule has 1 aliphatic rings. The smallest absolute Gasteiger partial charge is 0.239 e. The van der Waals surface area contributed by atoms with E-state index < -0.39 is 0 Å². The second kappa shape index (κ2) is 8.10.